The Kier molecular flexibility index (Phi) is 4.07. The molecule has 1 saturated heterocycles. The molecule has 2 aromatic heterocycles. The van der Waals surface area contributed by atoms with E-state index in [9.17, 15) is 13.2 Å². The minimum Gasteiger partial charge on any atom is -0.370 e. The molecule has 0 radical (unpaired) electrons. The van der Waals surface area contributed by atoms with Crippen molar-refractivity contribution in [1.29, 1.82) is 0 Å². The van der Waals surface area contributed by atoms with Gasteiger partial charge in [0.1, 0.15) is 11.9 Å². The topological polar surface area (TPSA) is 81.6 Å². The average molecular weight is 390 g/mol. The Bertz CT molecular complexity index is 1060. The van der Waals surface area contributed by atoms with Crippen molar-refractivity contribution >= 4 is 5.65 Å². The van der Waals surface area contributed by atoms with Gasteiger partial charge in [-0.15, -0.1) is 4.63 Å². The fourth-order valence-corrected chi connectivity index (χ4v) is 4.05. The predicted molar refractivity (Wildman–Crippen MR) is 91.4 cm³/mol. The maximum Gasteiger partial charge on any atom is 0.180 e. The molecular formula is C18H17F3N6O. The molecule has 4 heterocycles. The van der Waals surface area contributed by atoms with Crippen molar-refractivity contribution in [2.45, 2.75) is 37.7 Å². The van der Waals surface area contributed by atoms with Crippen LogP contribution >= 0.6 is 0 Å². The van der Waals surface area contributed by atoms with Gasteiger partial charge in [0.25, 0.3) is 0 Å². The minimum atomic E-state index is -1.23. The first-order chi connectivity index (χ1) is 13.5. The summed E-state index contributed by atoms with van der Waals surface area (Å²) in [4.78, 5) is 6.52. The van der Waals surface area contributed by atoms with E-state index in [1.807, 2.05) is 0 Å². The normalized spacial score (nSPS) is 25.4. The number of nitrogens with two attached hydrogens (primary N) is 1. The van der Waals surface area contributed by atoms with Crippen LogP contribution in [-0.4, -0.2) is 43.4 Å². The van der Waals surface area contributed by atoms with Crippen LogP contribution in [0.2, 0.25) is 0 Å². The van der Waals surface area contributed by atoms with Crippen molar-refractivity contribution < 1.29 is 17.9 Å². The molecule has 10 heteroatoms. The highest BCUT2D eigenvalue weighted by Crippen LogP contribution is 2.34. The molecule has 0 amide bonds. The van der Waals surface area contributed by atoms with E-state index in [4.69, 9.17) is 10.5 Å². The van der Waals surface area contributed by atoms with Crippen molar-refractivity contribution in [2.24, 2.45) is 5.73 Å². The van der Waals surface area contributed by atoms with E-state index in [1.54, 1.807) is 12.4 Å². The quantitative estimate of drug-likeness (QED) is 0.671. The summed E-state index contributed by atoms with van der Waals surface area (Å²) in [6, 6.07) is 0.810. The number of aromatic nitrogens is 4. The van der Waals surface area contributed by atoms with Gasteiger partial charge in [0.2, 0.25) is 0 Å². The van der Waals surface area contributed by atoms with Gasteiger partial charge in [-0.25, -0.2) is 18.2 Å². The van der Waals surface area contributed by atoms with Gasteiger partial charge in [0, 0.05) is 48.6 Å². The summed E-state index contributed by atoms with van der Waals surface area (Å²) in [5.74, 6) is -3.20. The summed E-state index contributed by atoms with van der Waals surface area (Å²) in [6.07, 6.45) is 2.92. The number of rotatable bonds is 2. The average Bonchev–Trinajstić information content (AvgIpc) is 3.23. The predicted octanol–water partition coefficient (Wildman–Crippen LogP) is 1.71. The Hall–Kier alpha value is -2.56. The maximum atomic E-state index is 14.1. The first-order valence-corrected chi connectivity index (χ1v) is 8.94. The summed E-state index contributed by atoms with van der Waals surface area (Å²) >= 11 is 0. The minimum absolute atomic E-state index is 0.00512. The number of nitrogens with zero attached hydrogens (tertiary/aromatic N) is 5. The Morgan fingerprint density at radius 1 is 1.07 bits per heavy atom. The van der Waals surface area contributed by atoms with E-state index in [0.717, 1.165) is 23.0 Å². The number of hydrogen-bond donors (Lipinski definition) is 1. The monoisotopic (exact) mass is 390 g/mol. The van der Waals surface area contributed by atoms with E-state index in [1.165, 1.54) is 4.63 Å². The number of hydrogen-bond acceptors (Lipinski definition) is 6. The summed E-state index contributed by atoms with van der Waals surface area (Å²) in [5, 5.41) is 8.60. The SMILES string of the molecule is N[C@H]1C[C@@H](N2Cc3nn4nccnc4c3C2)CO[C@@H]1c1cc(F)c(F)cc1F. The molecule has 0 spiro atoms. The lowest BCUT2D eigenvalue weighted by molar-refractivity contribution is -0.0533. The summed E-state index contributed by atoms with van der Waals surface area (Å²) < 4.78 is 48.1. The van der Waals surface area contributed by atoms with Crippen LogP contribution in [0.15, 0.2) is 24.5 Å². The van der Waals surface area contributed by atoms with Crippen LogP contribution in [0, 0.1) is 17.5 Å². The fourth-order valence-electron chi connectivity index (χ4n) is 4.05. The summed E-state index contributed by atoms with van der Waals surface area (Å²) in [5.41, 5.74) is 8.83. The summed E-state index contributed by atoms with van der Waals surface area (Å²) in [6.45, 7) is 1.56. The Morgan fingerprint density at radius 3 is 2.71 bits per heavy atom. The number of benzene rings is 1. The third kappa shape index (κ3) is 2.76. The van der Waals surface area contributed by atoms with Crippen molar-refractivity contribution in [3.8, 4) is 0 Å². The molecule has 2 aliphatic heterocycles. The highest BCUT2D eigenvalue weighted by Gasteiger charge is 2.38. The maximum absolute atomic E-state index is 14.1. The smallest absolute Gasteiger partial charge is 0.180 e. The van der Waals surface area contributed by atoms with Crippen molar-refractivity contribution in [1.82, 2.24) is 24.7 Å². The molecule has 0 unspecified atom stereocenters. The zero-order valence-corrected chi connectivity index (χ0v) is 14.7. The molecule has 0 aliphatic carbocycles. The van der Waals surface area contributed by atoms with Crippen LogP contribution in [0.4, 0.5) is 13.2 Å². The van der Waals surface area contributed by atoms with E-state index in [-0.39, 0.29) is 11.6 Å². The molecule has 0 saturated carbocycles. The molecular weight excluding hydrogens is 373 g/mol. The van der Waals surface area contributed by atoms with Gasteiger partial charge >= 0.3 is 0 Å². The molecule has 1 fully saturated rings. The first kappa shape index (κ1) is 17.5. The van der Waals surface area contributed by atoms with Gasteiger partial charge in [0.15, 0.2) is 17.3 Å². The third-order valence-corrected chi connectivity index (χ3v) is 5.44. The second kappa shape index (κ2) is 6.50. The largest absolute Gasteiger partial charge is 0.370 e. The molecule has 3 atom stereocenters. The fraction of sp³-hybridized carbons (Fsp3) is 0.389. The van der Waals surface area contributed by atoms with E-state index in [2.05, 4.69) is 20.1 Å². The van der Waals surface area contributed by atoms with E-state index >= 15 is 0 Å². The highest BCUT2D eigenvalue weighted by atomic mass is 19.2. The van der Waals surface area contributed by atoms with Crippen LogP contribution in [-0.2, 0) is 17.8 Å². The molecule has 0 bridgehead atoms. The van der Waals surface area contributed by atoms with Gasteiger partial charge < -0.3 is 10.5 Å². The summed E-state index contributed by atoms with van der Waals surface area (Å²) in [7, 11) is 0. The van der Waals surface area contributed by atoms with E-state index < -0.39 is 29.6 Å². The van der Waals surface area contributed by atoms with Gasteiger partial charge in [-0.3, -0.25) is 4.90 Å². The second-order valence-electron chi connectivity index (χ2n) is 7.18. The van der Waals surface area contributed by atoms with E-state index in [0.29, 0.717) is 32.2 Å². The van der Waals surface area contributed by atoms with Crippen LogP contribution in [0.3, 0.4) is 0 Å². The van der Waals surface area contributed by atoms with Crippen LogP contribution in [0.1, 0.15) is 29.3 Å². The van der Waals surface area contributed by atoms with Gasteiger partial charge in [0.05, 0.1) is 18.5 Å². The van der Waals surface area contributed by atoms with Crippen molar-refractivity contribution in [3.05, 3.63) is 58.8 Å². The van der Waals surface area contributed by atoms with Crippen LogP contribution in [0.25, 0.3) is 5.65 Å². The van der Waals surface area contributed by atoms with Crippen LogP contribution < -0.4 is 5.73 Å². The Morgan fingerprint density at radius 2 is 1.89 bits per heavy atom. The molecule has 7 nitrogen and oxygen atoms in total. The third-order valence-electron chi connectivity index (χ3n) is 5.44. The Labute approximate surface area is 157 Å². The van der Waals surface area contributed by atoms with Crippen molar-refractivity contribution in [3.63, 3.8) is 0 Å². The lowest BCUT2D eigenvalue weighted by atomic mass is 9.93. The lowest BCUT2D eigenvalue weighted by Crippen LogP contribution is -2.47. The standard InChI is InChI=1S/C18H17F3N6O/c19-12-5-14(21)13(20)4-10(12)17-15(22)3-9(8-28-17)26-6-11-16(7-26)25-27-18(11)23-1-2-24-27/h1-2,4-5,9,15,17H,3,6-8,22H2/t9-,15+,17-/m1/s1. The number of halogens is 3. The van der Waals surface area contributed by atoms with Gasteiger partial charge in [-0.2, -0.15) is 10.2 Å². The molecule has 2 aliphatic rings. The molecule has 2 N–H and O–H groups in total. The molecule has 1 aromatic carbocycles. The zero-order chi connectivity index (χ0) is 19.4. The van der Waals surface area contributed by atoms with Crippen molar-refractivity contribution in [2.75, 3.05) is 6.61 Å². The molecule has 3 aromatic rings. The number of ether oxygens (including phenoxy) is 1. The molecule has 28 heavy (non-hydrogen) atoms. The second-order valence-corrected chi connectivity index (χ2v) is 7.18. The number of fused-ring (bicyclic) bond motifs is 3. The Balaban J connectivity index is 1.32. The molecule has 5 rings (SSSR count). The zero-order valence-electron chi connectivity index (χ0n) is 14.7. The highest BCUT2D eigenvalue weighted by molar-refractivity contribution is 5.50. The van der Waals surface area contributed by atoms with Crippen LogP contribution in [0.5, 0.6) is 0 Å². The van der Waals surface area contributed by atoms with Gasteiger partial charge in [-0.05, 0) is 12.5 Å². The lowest BCUT2D eigenvalue weighted by Gasteiger charge is -2.38. The molecule has 146 valence electrons. The first-order valence-electron chi connectivity index (χ1n) is 8.94. The van der Waals surface area contributed by atoms with Gasteiger partial charge in [-0.1, -0.05) is 0 Å².